The minimum Gasteiger partial charge on any atom is -0.497 e. The number of methoxy groups -OCH3 is 2. The Kier molecular flexibility index (Phi) is 7.92. The highest BCUT2D eigenvalue weighted by atomic mass is 35.5. The average Bonchev–Trinajstić information content (AvgIpc) is 2.83. The summed E-state index contributed by atoms with van der Waals surface area (Å²) in [5.74, 6) is 0.146. The molecule has 0 bridgehead atoms. The Hall–Kier alpha value is -3.56. The molecule has 3 rings (SSSR count). The third kappa shape index (κ3) is 5.82. The quantitative estimate of drug-likeness (QED) is 0.366. The van der Waals surface area contributed by atoms with Gasteiger partial charge in [0, 0.05) is 10.6 Å². The zero-order valence-electron chi connectivity index (χ0n) is 17.9. The van der Waals surface area contributed by atoms with E-state index in [4.69, 9.17) is 21.1 Å². The van der Waals surface area contributed by atoms with Gasteiger partial charge in [-0.05, 0) is 42.5 Å². The predicted molar refractivity (Wildman–Crippen MR) is 128 cm³/mol. The highest BCUT2D eigenvalue weighted by Crippen LogP contribution is 2.32. The number of ether oxygens (including phenoxy) is 2. The van der Waals surface area contributed by atoms with Crippen molar-refractivity contribution in [3.05, 3.63) is 83.4 Å². The lowest BCUT2D eigenvalue weighted by Crippen LogP contribution is -2.39. The van der Waals surface area contributed by atoms with Crippen LogP contribution >= 0.6 is 11.6 Å². The minimum absolute atomic E-state index is 0.0124. The molecule has 0 atom stereocenters. The summed E-state index contributed by atoms with van der Waals surface area (Å²) in [4.78, 5) is 12.6. The van der Waals surface area contributed by atoms with Crippen LogP contribution in [0.3, 0.4) is 0 Å². The number of sulfonamides is 1. The fourth-order valence-corrected chi connectivity index (χ4v) is 4.55. The van der Waals surface area contributed by atoms with Crippen LogP contribution in [0.15, 0.2) is 82.8 Å². The maximum Gasteiger partial charge on any atom is 0.264 e. The van der Waals surface area contributed by atoms with Crippen molar-refractivity contribution in [2.24, 2.45) is 5.10 Å². The maximum atomic E-state index is 13.5. The van der Waals surface area contributed by atoms with Crippen molar-refractivity contribution in [3.63, 3.8) is 0 Å². The van der Waals surface area contributed by atoms with Gasteiger partial charge in [-0.15, -0.1) is 0 Å². The summed E-state index contributed by atoms with van der Waals surface area (Å²) >= 11 is 6.07. The second-order valence-electron chi connectivity index (χ2n) is 6.67. The highest BCUT2D eigenvalue weighted by Gasteiger charge is 2.29. The van der Waals surface area contributed by atoms with Crippen LogP contribution in [0, 0.1) is 0 Å². The number of hydrazone groups is 1. The molecule has 0 radical (unpaired) electrons. The summed E-state index contributed by atoms with van der Waals surface area (Å²) < 4.78 is 38.3. The molecule has 0 saturated carbocycles. The van der Waals surface area contributed by atoms with Crippen LogP contribution in [-0.2, 0) is 14.8 Å². The Labute approximate surface area is 197 Å². The van der Waals surface area contributed by atoms with Gasteiger partial charge in [0.15, 0.2) is 0 Å². The molecule has 0 aliphatic rings. The topological polar surface area (TPSA) is 97.3 Å². The number of anilines is 1. The van der Waals surface area contributed by atoms with Crippen LogP contribution in [0.2, 0.25) is 5.02 Å². The number of hydrogen-bond acceptors (Lipinski definition) is 6. The van der Waals surface area contributed by atoms with Gasteiger partial charge in [-0.1, -0.05) is 41.9 Å². The molecule has 1 amide bonds. The molecule has 0 heterocycles. The van der Waals surface area contributed by atoms with Gasteiger partial charge in [0.05, 0.1) is 31.0 Å². The van der Waals surface area contributed by atoms with Gasteiger partial charge in [-0.3, -0.25) is 9.10 Å². The number of hydrogen-bond donors (Lipinski definition) is 1. The summed E-state index contributed by atoms with van der Waals surface area (Å²) in [6.07, 6.45) is 1.38. The van der Waals surface area contributed by atoms with Gasteiger partial charge in [0.1, 0.15) is 18.0 Å². The second-order valence-corrected chi connectivity index (χ2v) is 8.94. The van der Waals surface area contributed by atoms with E-state index in [0.29, 0.717) is 22.1 Å². The highest BCUT2D eigenvalue weighted by molar-refractivity contribution is 7.92. The molecule has 8 nitrogen and oxygen atoms in total. The fraction of sp³-hybridized carbons (Fsp3) is 0.130. The van der Waals surface area contributed by atoms with Crippen LogP contribution in [0.5, 0.6) is 11.5 Å². The number of nitrogens with zero attached hydrogens (tertiary/aromatic N) is 2. The van der Waals surface area contributed by atoms with E-state index >= 15 is 0 Å². The number of amides is 1. The van der Waals surface area contributed by atoms with Crippen molar-refractivity contribution in [2.75, 3.05) is 25.1 Å². The Morgan fingerprint density at radius 2 is 1.67 bits per heavy atom. The molecule has 0 aromatic heterocycles. The van der Waals surface area contributed by atoms with Gasteiger partial charge in [-0.2, -0.15) is 5.10 Å². The lowest BCUT2D eigenvalue weighted by Gasteiger charge is -2.25. The molecule has 0 saturated heterocycles. The summed E-state index contributed by atoms with van der Waals surface area (Å²) in [7, 11) is -1.22. The second kappa shape index (κ2) is 10.8. The standard InChI is InChI=1S/C23H22ClN3O5S/c1-31-18-11-13-19(14-12-18)33(29,30)27(21-9-5-6-10-22(21)32-2)16-23(28)26-25-15-17-7-3-4-8-20(17)24/h3-15H,16H2,1-2H3,(H,26,28)/b25-15-. The third-order valence-corrected chi connectivity index (χ3v) is 6.70. The molecule has 3 aromatic rings. The van der Waals surface area contributed by atoms with E-state index in [-0.39, 0.29) is 10.6 Å². The normalized spacial score (nSPS) is 11.2. The summed E-state index contributed by atoms with van der Waals surface area (Å²) in [6.45, 7) is -0.533. The molecule has 10 heteroatoms. The minimum atomic E-state index is -4.13. The zero-order valence-corrected chi connectivity index (χ0v) is 19.5. The first-order valence-electron chi connectivity index (χ1n) is 9.73. The first kappa shape index (κ1) is 24.1. The van der Waals surface area contributed by atoms with Crippen LogP contribution in [-0.4, -0.2) is 41.3 Å². The van der Waals surface area contributed by atoms with Crippen molar-refractivity contribution >= 4 is 39.4 Å². The van der Waals surface area contributed by atoms with E-state index in [1.807, 2.05) is 0 Å². The van der Waals surface area contributed by atoms with Gasteiger partial charge in [-0.25, -0.2) is 13.8 Å². The van der Waals surface area contributed by atoms with Crippen molar-refractivity contribution in [2.45, 2.75) is 4.90 Å². The average molecular weight is 488 g/mol. The van der Waals surface area contributed by atoms with Crippen LogP contribution < -0.4 is 19.2 Å². The Morgan fingerprint density at radius 3 is 2.33 bits per heavy atom. The van der Waals surface area contributed by atoms with Gasteiger partial charge < -0.3 is 9.47 Å². The molecule has 1 N–H and O–H groups in total. The number of carbonyl (C=O) groups is 1. The largest absolute Gasteiger partial charge is 0.497 e. The van der Waals surface area contributed by atoms with Crippen molar-refractivity contribution in [1.82, 2.24) is 5.43 Å². The Morgan fingerprint density at radius 1 is 1.00 bits per heavy atom. The van der Waals surface area contributed by atoms with E-state index in [1.165, 1.54) is 44.7 Å². The monoisotopic (exact) mass is 487 g/mol. The molecule has 0 aliphatic carbocycles. The van der Waals surface area contributed by atoms with Crippen molar-refractivity contribution in [3.8, 4) is 11.5 Å². The molecule has 0 unspecified atom stereocenters. The fourth-order valence-electron chi connectivity index (χ4n) is 2.93. The number of benzene rings is 3. The lowest BCUT2D eigenvalue weighted by molar-refractivity contribution is -0.119. The number of para-hydroxylation sites is 2. The zero-order chi connectivity index (χ0) is 23.8. The van der Waals surface area contributed by atoms with Gasteiger partial charge in [0.2, 0.25) is 0 Å². The molecule has 0 aliphatic heterocycles. The smallest absolute Gasteiger partial charge is 0.264 e. The van der Waals surface area contributed by atoms with Gasteiger partial charge >= 0.3 is 0 Å². The molecule has 0 spiro atoms. The number of halogens is 1. The molecular formula is C23H22ClN3O5S. The van der Waals surface area contributed by atoms with Crippen LogP contribution in [0.4, 0.5) is 5.69 Å². The maximum absolute atomic E-state index is 13.5. The summed E-state index contributed by atoms with van der Waals surface area (Å²) in [5.41, 5.74) is 3.16. The number of nitrogens with one attached hydrogen (secondary N) is 1. The predicted octanol–water partition coefficient (Wildman–Crippen LogP) is 3.70. The molecular weight excluding hydrogens is 466 g/mol. The Bertz CT molecular complexity index is 1250. The number of carbonyl (C=O) groups excluding carboxylic acids is 1. The van der Waals surface area contributed by atoms with E-state index in [1.54, 1.807) is 48.5 Å². The number of rotatable bonds is 9. The molecule has 172 valence electrons. The van der Waals surface area contributed by atoms with Crippen molar-refractivity contribution in [1.29, 1.82) is 0 Å². The van der Waals surface area contributed by atoms with E-state index in [0.717, 1.165) is 4.31 Å². The SMILES string of the molecule is COc1ccc(S(=O)(=O)N(CC(=O)N/N=C\c2ccccc2Cl)c2ccccc2OC)cc1. The van der Waals surface area contributed by atoms with Crippen molar-refractivity contribution < 1.29 is 22.7 Å². The Balaban J connectivity index is 1.90. The van der Waals surface area contributed by atoms with E-state index < -0.39 is 22.5 Å². The first-order chi connectivity index (χ1) is 15.9. The van der Waals surface area contributed by atoms with Crippen LogP contribution in [0.25, 0.3) is 0 Å². The molecule has 33 heavy (non-hydrogen) atoms. The molecule has 0 fully saturated rings. The molecule has 3 aromatic carbocycles. The van der Waals surface area contributed by atoms with Crippen LogP contribution in [0.1, 0.15) is 5.56 Å². The lowest BCUT2D eigenvalue weighted by atomic mass is 10.2. The summed E-state index contributed by atoms with van der Waals surface area (Å²) in [5, 5.41) is 4.36. The van der Waals surface area contributed by atoms with E-state index in [2.05, 4.69) is 10.5 Å². The van der Waals surface area contributed by atoms with Gasteiger partial charge in [0.25, 0.3) is 15.9 Å². The summed E-state index contributed by atoms with van der Waals surface area (Å²) in [6, 6.07) is 19.4. The third-order valence-electron chi connectivity index (χ3n) is 4.59. The first-order valence-corrected chi connectivity index (χ1v) is 11.5. The van der Waals surface area contributed by atoms with E-state index in [9.17, 15) is 13.2 Å².